The van der Waals surface area contributed by atoms with E-state index < -0.39 is 4.92 Å². The highest BCUT2D eigenvalue weighted by Crippen LogP contribution is 2.35. The maximum atomic E-state index is 11.2. The molecular formula is C12H20N6O2. The molecule has 8 heteroatoms. The highest BCUT2D eigenvalue weighted by Gasteiger charge is 2.31. The number of nitrogens with one attached hydrogen (secondary N) is 1. The SMILES string of the molecule is CNc1nc(N)c([N+](=O)[O-])c(N2C[C@@H](C)C[C@H](C)C2)n1. The second-order valence-electron chi connectivity index (χ2n) is 5.46. The molecule has 0 amide bonds. The number of aromatic nitrogens is 2. The van der Waals surface area contributed by atoms with Crippen LogP contribution in [0, 0.1) is 22.0 Å². The Balaban J connectivity index is 2.47. The van der Waals surface area contributed by atoms with Crippen LogP contribution >= 0.6 is 0 Å². The first kappa shape index (κ1) is 14.3. The number of nitrogens with zero attached hydrogens (tertiary/aromatic N) is 4. The fourth-order valence-corrected chi connectivity index (χ4v) is 2.80. The Kier molecular flexibility index (Phi) is 3.91. The molecule has 1 aliphatic rings. The van der Waals surface area contributed by atoms with Crippen molar-refractivity contribution in [2.45, 2.75) is 20.3 Å². The summed E-state index contributed by atoms with van der Waals surface area (Å²) in [5, 5.41) is 14.0. The van der Waals surface area contributed by atoms with E-state index in [0.717, 1.165) is 19.5 Å². The van der Waals surface area contributed by atoms with Gasteiger partial charge in [-0.2, -0.15) is 9.97 Å². The molecule has 20 heavy (non-hydrogen) atoms. The molecule has 8 nitrogen and oxygen atoms in total. The van der Waals surface area contributed by atoms with Crippen molar-refractivity contribution in [2.75, 3.05) is 36.1 Å². The number of nitro groups is 1. The van der Waals surface area contributed by atoms with Crippen molar-refractivity contribution in [3.05, 3.63) is 10.1 Å². The van der Waals surface area contributed by atoms with Crippen molar-refractivity contribution in [2.24, 2.45) is 11.8 Å². The third kappa shape index (κ3) is 2.73. The van der Waals surface area contributed by atoms with Crippen LogP contribution in [-0.4, -0.2) is 35.0 Å². The molecule has 1 saturated heterocycles. The van der Waals surface area contributed by atoms with Crippen molar-refractivity contribution < 1.29 is 4.92 Å². The van der Waals surface area contributed by atoms with Gasteiger partial charge in [-0.25, -0.2) is 0 Å². The monoisotopic (exact) mass is 280 g/mol. The van der Waals surface area contributed by atoms with Gasteiger partial charge in [0.2, 0.25) is 17.6 Å². The van der Waals surface area contributed by atoms with Gasteiger partial charge in [-0.1, -0.05) is 13.8 Å². The standard InChI is InChI=1S/C12H20N6O2/c1-7-4-8(2)6-17(5-7)11-9(18(19)20)10(13)15-12(14-3)16-11/h7-8H,4-6H2,1-3H3,(H3,13,14,15,16)/t7-,8-/m0/s1. The molecule has 0 radical (unpaired) electrons. The second kappa shape index (κ2) is 5.48. The normalized spacial score (nSPS) is 22.6. The van der Waals surface area contributed by atoms with Crippen molar-refractivity contribution in [3.63, 3.8) is 0 Å². The number of nitrogens with two attached hydrogens (primary N) is 1. The summed E-state index contributed by atoms with van der Waals surface area (Å²) in [6, 6.07) is 0. The molecule has 3 N–H and O–H groups in total. The molecule has 0 aromatic carbocycles. The van der Waals surface area contributed by atoms with Gasteiger partial charge >= 0.3 is 5.69 Å². The van der Waals surface area contributed by atoms with Crippen LogP contribution in [0.25, 0.3) is 0 Å². The zero-order chi connectivity index (χ0) is 14.9. The van der Waals surface area contributed by atoms with E-state index in [9.17, 15) is 10.1 Å². The molecule has 1 aromatic heterocycles. The minimum absolute atomic E-state index is 0.102. The molecule has 2 heterocycles. The maximum absolute atomic E-state index is 11.2. The average molecular weight is 280 g/mol. The van der Waals surface area contributed by atoms with Crippen molar-refractivity contribution in [1.82, 2.24) is 9.97 Å². The van der Waals surface area contributed by atoms with Crippen molar-refractivity contribution in [1.29, 1.82) is 0 Å². The summed E-state index contributed by atoms with van der Waals surface area (Å²) in [5.41, 5.74) is 5.51. The molecule has 2 atom stereocenters. The van der Waals surface area contributed by atoms with Crippen LogP contribution in [0.5, 0.6) is 0 Å². The van der Waals surface area contributed by atoms with Crippen LogP contribution in [0.15, 0.2) is 0 Å². The molecule has 1 fully saturated rings. The van der Waals surface area contributed by atoms with Crippen molar-refractivity contribution >= 4 is 23.3 Å². The fourth-order valence-electron chi connectivity index (χ4n) is 2.80. The Bertz CT molecular complexity index is 511. The van der Waals surface area contributed by atoms with Crippen LogP contribution in [0.1, 0.15) is 20.3 Å². The summed E-state index contributed by atoms with van der Waals surface area (Å²) in [4.78, 5) is 20.8. The first-order chi connectivity index (χ1) is 9.42. The quantitative estimate of drug-likeness (QED) is 0.637. The summed E-state index contributed by atoms with van der Waals surface area (Å²) in [7, 11) is 1.66. The van der Waals surface area contributed by atoms with E-state index in [1.165, 1.54) is 0 Å². The average Bonchev–Trinajstić information content (AvgIpc) is 2.35. The summed E-state index contributed by atoms with van der Waals surface area (Å²) >= 11 is 0. The topological polar surface area (TPSA) is 110 Å². The number of rotatable bonds is 3. The van der Waals surface area contributed by atoms with E-state index in [4.69, 9.17) is 5.73 Å². The molecule has 0 bridgehead atoms. The van der Waals surface area contributed by atoms with Gasteiger partial charge in [0.05, 0.1) is 4.92 Å². The van der Waals surface area contributed by atoms with E-state index in [1.807, 2.05) is 4.90 Å². The Labute approximate surface area is 117 Å². The fraction of sp³-hybridized carbons (Fsp3) is 0.667. The largest absolute Gasteiger partial charge is 0.378 e. The summed E-state index contributed by atoms with van der Waals surface area (Å²) < 4.78 is 0. The lowest BCUT2D eigenvalue weighted by Crippen LogP contribution is -2.39. The zero-order valence-electron chi connectivity index (χ0n) is 12.0. The number of piperidine rings is 1. The molecule has 1 aliphatic heterocycles. The number of hydrogen-bond donors (Lipinski definition) is 2. The second-order valence-corrected chi connectivity index (χ2v) is 5.46. The zero-order valence-corrected chi connectivity index (χ0v) is 12.0. The summed E-state index contributed by atoms with van der Waals surface area (Å²) in [5.74, 6) is 1.44. The van der Waals surface area contributed by atoms with Crippen LogP contribution in [0.3, 0.4) is 0 Å². The third-order valence-corrected chi connectivity index (χ3v) is 3.47. The lowest BCUT2D eigenvalue weighted by Gasteiger charge is -2.35. The van der Waals surface area contributed by atoms with Gasteiger partial charge in [0.15, 0.2) is 0 Å². The molecule has 0 unspecified atom stereocenters. The van der Waals surface area contributed by atoms with Crippen molar-refractivity contribution in [3.8, 4) is 0 Å². The van der Waals surface area contributed by atoms with Crippen LogP contribution in [0.4, 0.5) is 23.3 Å². The van der Waals surface area contributed by atoms with E-state index in [0.29, 0.717) is 23.6 Å². The van der Waals surface area contributed by atoms with Gasteiger partial charge in [-0.05, 0) is 18.3 Å². The highest BCUT2D eigenvalue weighted by molar-refractivity contribution is 5.71. The smallest absolute Gasteiger partial charge is 0.353 e. The molecule has 2 rings (SSSR count). The minimum atomic E-state index is -0.506. The number of anilines is 3. The van der Waals surface area contributed by atoms with E-state index in [-0.39, 0.29) is 11.5 Å². The number of hydrogen-bond acceptors (Lipinski definition) is 7. The van der Waals surface area contributed by atoms with Gasteiger partial charge in [0.1, 0.15) is 0 Å². The lowest BCUT2D eigenvalue weighted by molar-refractivity contribution is -0.383. The Morgan fingerprint density at radius 1 is 1.35 bits per heavy atom. The Morgan fingerprint density at radius 3 is 2.45 bits per heavy atom. The molecule has 0 spiro atoms. The predicted molar refractivity (Wildman–Crippen MR) is 77.8 cm³/mol. The van der Waals surface area contributed by atoms with E-state index >= 15 is 0 Å². The van der Waals surface area contributed by atoms with E-state index in [1.54, 1.807) is 7.05 Å². The van der Waals surface area contributed by atoms with Crippen LogP contribution in [-0.2, 0) is 0 Å². The van der Waals surface area contributed by atoms with Crippen LogP contribution in [0.2, 0.25) is 0 Å². The summed E-state index contributed by atoms with van der Waals surface area (Å²) in [6.45, 7) is 5.76. The Hall–Kier alpha value is -2.12. The third-order valence-electron chi connectivity index (χ3n) is 3.47. The first-order valence-electron chi connectivity index (χ1n) is 6.67. The Morgan fingerprint density at radius 2 is 1.95 bits per heavy atom. The predicted octanol–water partition coefficient (Wildman–Crippen LogP) is 1.49. The highest BCUT2D eigenvalue weighted by atomic mass is 16.6. The minimum Gasteiger partial charge on any atom is -0.378 e. The van der Waals surface area contributed by atoms with Gasteiger partial charge in [0, 0.05) is 20.1 Å². The first-order valence-corrected chi connectivity index (χ1v) is 6.67. The molecule has 0 saturated carbocycles. The number of nitrogen functional groups attached to an aromatic ring is 1. The lowest BCUT2D eigenvalue weighted by atomic mass is 9.92. The molecular weight excluding hydrogens is 260 g/mol. The van der Waals surface area contributed by atoms with E-state index in [2.05, 4.69) is 29.1 Å². The van der Waals surface area contributed by atoms with Gasteiger partial charge in [0.25, 0.3) is 0 Å². The van der Waals surface area contributed by atoms with Crippen LogP contribution < -0.4 is 16.0 Å². The molecule has 110 valence electrons. The molecule has 1 aromatic rings. The van der Waals surface area contributed by atoms with Gasteiger partial charge < -0.3 is 16.0 Å². The van der Waals surface area contributed by atoms with Gasteiger partial charge in [-0.15, -0.1) is 0 Å². The van der Waals surface area contributed by atoms with Gasteiger partial charge in [-0.3, -0.25) is 10.1 Å². The maximum Gasteiger partial charge on any atom is 0.353 e. The molecule has 0 aliphatic carbocycles. The summed E-state index contributed by atoms with van der Waals surface area (Å²) in [6.07, 6.45) is 1.11.